The molecule has 0 saturated carbocycles. The SMILES string of the molecule is COC(=O)[C@H](C)NC(C)c1ccc(Cl)c(Cl)c1Cl. The fraction of sp³-hybridized carbons (Fsp3) is 0.417. The number of ether oxygens (including phenoxy) is 1. The normalized spacial score (nSPS) is 14.1. The summed E-state index contributed by atoms with van der Waals surface area (Å²) in [5.41, 5.74) is 0.779. The van der Waals surface area contributed by atoms with Gasteiger partial charge in [0.05, 0.1) is 22.2 Å². The summed E-state index contributed by atoms with van der Waals surface area (Å²) < 4.78 is 4.64. The number of halogens is 3. The largest absolute Gasteiger partial charge is 0.468 e. The van der Waals surface area contributed by atoms with Crippen molar-refractivity contribution in [3.63, 3.8) is 0 Å². The van der Waals surface area contributed by atoms with Gasteiger partial charge >= 0.3 is 5.97 Å². The molecule has 0 spiro atoms. The summed E-state index contributed by atoms with van der Waals surface area (Å²) in [5.74, 6) is -0.335. The average Bonchev–Trinajstić information content (AvgIpc) is 2.34. The molecule has 3 nitrogen and oxygen atoms in total. The Kier molecular flexibility index (Phi) is 5.73. The van der Waals surface area contributed by atoms with Crippen LogP contribution in [0.15, 0.2) is 12.1 Å². The standard InChI is InChI=1S/C12H14Cl3NO2/c1-6(16-7(2)12(17)18-3)8-4-5-9(13)11(15)10(8)14/h4-7,16H,1-3H3/t6?,7-/m0/s1. The molecule has 0 radical (unpaired) electrons. The molecule has 0 aliphatic carbocycles. The van der Waals surface area contributed by atoms with Crippen LogP contribution in [0.5, 0.6) is 0 Å². The number of nitrogens with one attached hydrogen (secondary N) is 1. The Hall–Kier alpha value is -0.480. The number of hydrogen-bond acceptors (Lipinski definition) is 3. The highest BCUT2D eigenvalue weighted by Crippen LogP contribution is 2.35. The third-order valence-electron chi connectivity index (χ3n) is 2.59. The van der Waals surface area contributed by atoms with Crippen molar-refractivity contribution in [1.29, 1.82) is 0 Å². The second kappa shape index (κ2) is 6.62. The molecule has 1 aromatic carbocycles. The van der Waals surface area contributed by atoms with Gasteiger partial charge in [-0.15, -0.1) is 0 Å². The minimum absolute atomic E-state index is 0.152. The van der Waals surface area contributed by atoms with E-state index in [-0.39, 0.29) is 12.0 Å². The van der Waals surface area contributed by atoms with Gasteiger partial charge in [0.1, 0.15) is 6.04 Å². The van der Waals surface area contributed by atoms with Crippen molar-refractivity contribution >= 4 is 40.8 Å². The number of benzene rings is 1. The molecule has 0 aliphatic rings. The lowest BCUT2D eigenvalue weighted by Gasteiger charge is -2.20. The van der Waals surface area contributed by atoms with Gasteiger partial charge in [-0.2, -0.15) is 0 Å². The smallest absolute Gasteiger partial charge is 0.322 e. The van der Waals surface area contributed by atoms with Crippen LogP contribution in [-0.2, 0) is 9.53 Å². The van der Waals surface area contributed by atoms with Crippen LogP contribution in [0.4, 0.5) is 0 Å². The zero-order chi connectivity index (χ0) is 13.9. The summed E-state index contributed by atoms with van der Waals surface area (Å²) in [7, 11) is 1.34. The Morgan fingerprint density at radius 2 is 1.83 bits per heavy atom. The summed E-state index contributed by atoms with van der Waals surface area (Å²) in [6, 6.07) is 2.86. The minimum Gasteiger partial charge on any atom is -0.468 e. The highest BCUT2D eigenvalue weighted by molar-refractivity contribution is 6.48. The van der Waals surface area contributed by atoms with E-state index in [0.29, 0.717) is 15.1 Å². The lowest BCUT2D eigenvalue weighted by molar-refractivity contribution is -0.142. The highest BCUT2D eigenvalue weighted by atomic mass is 35.5. The quantitative estimate of drug-likeness (QED) is 0.678. The molecule has 0 amide bonds. The third-order valence-corrected chi connectivity index (χ3v) is 3.89. The predicted octanol–water partition coefficient (Wildman–Crippen LogP) is 3.86. The zero-order valence-electron chi connectivity index (χ0n) is 10.3. The monoisotopic (exact) mass is 309 g/mol. The molecule has 1 aromatic rings. The second-order valence-electron chi connectivity index (χ2n) is 3.90. The predicted molar refractivity (Wildman–Crippen MR) is 74.5 cm³/mol. The molecule has 100 valence electrons. The van der Waals surface area contributed by atoms with Gasteiger partial charge in [0, 0.05) is 6.04 Å². The van der Waals surface area contributed by atoms with Gasteiger partial charge in [-0.05, 0) is 25.5 Å². The van der Waals surface area contributed by atoms with Gasteiger partial charge in [0.25, 0.3) is 0 Å². The Balaban J connectivity index is 2.88. The van der Waals surface area contributed by atoms with Gasteiger partial charge in [-0.1, -0.05) is 40.9 Å². The first-order valence-corrected chi connectivity index (χ1v) is 6.49. The number of methoxy groups -OCH3 is 1. The Morgan fingerprint density at radius 3 is 2.39 bits per heavy atom. The molecule has 0 aliphatic heterocycles. The Labute approximate surface area is 121 Å². The highest BCUT2D eigenvalue weighted by Gasteiger charge is 2.19. The number of carbonyl (C=O) groups is 1. The van der Waals surface area contributed by atoms with Crippen LogP contribution < -0.4 is 5.32 Å². The van der Waals surface area contributed by atoms with Crippen molar-refractivity contribution in [3.05, 3.63) is 32.8 Å². The van der Waals surface area contributed by atoms with Crippen LogP contribution in [0.1, 0.15) is 25.5 Å². The Morgan fingerprint density at radius 1 is 1.22 bits per heavy atom. The van der Waals surface area contributed by atoms with Crippen LogP contribution in [0.2, 0.25) is 15.1 Å². The van der Waals surface area contributed by atoms with E-state index < -0.39 is 6.04 Å². The molecule has 0 fully saturated rings. The van der Waals surface area contributed by atoms with Gasteiger partial charge < -0.3 is 4.74 Å². The fourth-order valence-electron chi connectivity index (χ4n) is 1.58. The molecular formula is C12H14Cl3NO2. The van der Waals surface area contributed by atoms with E-state index >= 15 is 0 Å². The summed E-state index contributed by atoms with van der Waals surface area (Å²) in [5, 5.41) is 4.18. The molecule has 18 heavy (non-hydrogen) atoms. The summed E-state index contributed by atoms with van der Waals surface area (Å²) in [4.78, 5) is 11.3. The molecule has 0 saturated heterocycles. The van der Waals surface area contributed by atoms with E-state index in [9.17, 15) is 4.79 Å². The van der Waals surface area contributed by atoms with E-state index in [4.69, 9.17) is 34.8 Å². The maximum Gasteiger partial charge on any atom is 0.322 e. The molecule has 1 rings (SSSR count). The van der Waals surface area contributed by atoms with E-state index in [2.05, 4.69) is 10.1 Å². The molecule has 2 atom stereocenters. The molecule has 0 bridgehead atoms. The maximum absolute atomic E-state index is 11.3. The first-order chi connectivity index (χ1) is 8.38. The lowest BCUT2D eigenvalue weighted by Crippen LogP contribution is -2.36. The molecule has 0 heterocycles. The molecule has 0 aromatic heterocycles. The molecule has 1 N–H and O–H groups in total. The molecule has 1 unspecified atom stereocenters. The van der Waals surface area contributed by atoms with Crippen molar-refractivity contribution in [2.75, 3.05) is 7.11 Å². The van der Waals surface area contributed by atoms with E-state index in [1.54, 1.807) is 19.1 Å². The van der Waals surface area contributed by atoms with Crippen molar-refractivity contribution in [2.24, 2.45) is 0 Å². The number of carbonyl (C=O) groups excluding carboxylic acids is 1. The number of rotatable bonds is 4. The van der Waals surface area contributed by atoms with Crippen LogP contribution in [-0.4, -0.2) is 19.1 Å². The van der Waals surface area contributed by atoms with Crippen LogP contribution in [0, 0.1) is 0 Å². The fourth-order valence-corrected chi connectivity index (χ4v) is 2.29. The number of esters is 1. The van der Waals surface area contributed by atoms with Crippen molar-refractivity contribution in [1.82, 2.24) is 5.32 Å². The van der Waals surface area contributed by atoms with Gasteiger partial charge in [-0.3, -0.25) is 10.1 Å². The van der Waals surface area contributed by atoms with E-state index in [0.717, 1.165) is 5.56 Å². The molecular weight excluding hydrogens is 296 g/mol. The minimum atomic E-state index is -0.435. The maximum atomic E-state index is 11.3. The van der Waals surface area contributed by atoms with Crippen molar-refractivity contribution < 1.29 is 9.53 Å². The molecule has 6 heteroatoms. The van der Waals surface area contributed by atoms with Gasteiger partial charge in [0.2, 0.25) is 0 Å². The topological polar surface area (TPSA) is 38.3 Å². The van der Waals surface area contributed by atoms with Gasteiger partial charge in [-0.25, -0.2) is 0 Å². The lowest BCUT2D eigenvalue weighted by atomic mass is 10.1. The average molecular weight is 311 g/mol. The second-order valence-corrected chi connectivity index (χ2v) is 5.06. The summed E-state index contributed by atoms with van der Waals surface area (Å²) in [6.07, 6.45) is 0. The van der Waals surface area contributed by atoms with Crippen molar-refractivity contribution in [2.45, 2.75) is 25.9 Å². The first kappa shape index (κ1) is 15.6. The summed E-state index contributed by atoms with van der Waals surface area (Å²) in [6.45, 7) is 3.60. The van der Waals surface area contributed by atoms with Crippen LogP contribution >= 0.6 is 34.8 Å². The van der Waals surface area contributed by atoms with Crippen LogP contribution in [0.25, 0.3) is 0 Å². The van der Waals surface area contributed by atoms with E-state index in [1.807, 2.05) is 6.92 Å². The Bertz CT molecular complexity index is 451. The van der Waals surface area contributed by atoms with Crippen molar-refractivity contribution in [3.8, 4) is 0 Å². The van der Waals surface area contributed by atoms with E-state index in [1.165, 1.54) is 7.11 Å². The zero-order valence-corrected chi connectivity index (χ0v) is 12.5. The number of hydrogen-bond donors (Lipinski definition) is 1. The van der Waals surface area contributed by atoms with Gasteiger partial charge in [0.15, 0.2) is 0 Å². The first-order valence-electron chi connectivity index (χ1n) is 5.35. The summed E-state index contributed by atoms with van der Waals surface area (Å²) >= 11 is 17.9. The van der Waals surface area contributed by atoms with Crippen LogP contribution in [0.3, 0.4) is 0 Å². The third kappa shape index (κ3) is 3.51.